The second kappa shape index (κ2) is 9.49. The smallest absolute Gasteiger partial charge is 0.405 e. The van der Waals surface area contributed by atoms with Crippen LogP contribution in [0.15, 0.2) is 18.2 Å². The molecule has 8 nitrogen and oxygen atoms in total. The second-order valence-corrected chi connectivity index (χ2v) is 4.72. The normalized spacial score (nSPS) is 10.7. The van der Waals surface area contributed by atoms with Crippen LogP contribution in [0.5, 0.6) is 11.5 Å². The van der Waals surface area contributed by atoms with Gasteiger partial charge < -0.3 is 19.5 Å². The van der Waals surface area contributed by atoms with Crippen molar-refractivity contribution < 1.29 is 41.8 Å². The Bertz CT molecular complexity index is 663. The number of alkyl halides is 3. The highest BCUT2D eigenvalue weighted by Crippen LogP contribution is 2.28. The zero-order chi connectivity index (χ0) is 19.7. The molecule has 0 spiro atoms. The van der Waals surface area contributed by atoms with E-state index >= 15 is 0 Å². The van der Waals surface area contributed by atoms with Gasteiger partial charge in [0.05, 0.1) is 19.3 Å². The van der Waals surface area contributed by atoms with Gasteiger partial charge >= 0.3 is 18.2 Å². The van der Waals surface area contributed by atoms with Crippen LogP contribution in [0, 0.1) is 0 Å². The van der Waals surface area contributed by atoms with Gasteiger partial charge in [0.15, 0.2) is 18.1 Å². The fraction of sp³-hybridized carbons (Fsp3) is 0.400. The Hall–Kier alpha value is -2.98. The van der Waals surface area contributed by atoms with Gasteiger partial charge in [0.25, 0.3) is 5.91 Å². The van der Waals surface area contributed by atoms with Crippen molar-refractivity contribution in [1.29, 1.82) is 0 Å². The lowest BCUT2D eigenvalue weighted by Crippen LogP contribution is -2.44. The van der Waals surface area contributed by atoms with Gasteiger partial charge in [-0.15, -0.1) is 0 Å². The molecule has 0 heterocycles. The quantitative estimate of drug-likeness (QED) is 0.700. The van der Waals surface area contributed by atoms with Gasteiger partial charge in [-0.3, -0.25) is 10.1 Å². The molecule has 1 aromatic carbocycles. The van der Waals surface area contributed by atoms with E-state index in [-0.39, 0.29) is 11.3 Å². The lowest BCUT2D eigenvalue weighted by molar-refractivity contribution is -0.125. The number of rotatable bonds is 7. The van der Waals surface area contributed by atoms with Crippen LogP contribution in [0.4, 0.5) is 18.0 Å². The summed E-state index contributed by atoms with van der Waals surface area (Å²) in [5.41, 5.74) is 0.0552. The third-order valence-electron chi connectivity index (χ3n) is 2.74. The predicted octanol–water partition coefficient (Wildman–Crippen LogP) is 1.64. The minimum Gasteiger partial charge on any atom is -0.493 e. The van der Waals surface area contributed by atoms with Gasteiger partial charge in [0.2, 0.25) is 0 Å². The Morgan fingerprint density at radius 3 is 2.42 bits per heavy atom. The lowest BCUT2D eigenvalue weighted by Gasteiger charge is -2.11. The number of amides is 3. The number of methoxy groups -OCH3 is 1. The molecule has 3 amide bonds. The fourth-order valence-corrected chi connectivity index (χ4v) is 1.67. The van der Waals surface area contributed by atoms with Crippen molar-refractivity contribution >= 4 is 17.9 Å². The monoisotopic (exact) mass is 378 g/mol. The van der Waals surface area contributed by atoms with E-state index in [0.717, 1.165) is 0 Å². The van der Waals surface area contributed by atoms with E-state index in [1.807, 2.05) is 0 Å². The Morgan fingerprint density at radius 1 is 1.15 bits per heavy atom. The molecule has 0 saturated carbocycles. The molecule has 0 aliphatic rings. The molecule has 0 fully saturated rings. The summed E-state index contributed by atoms with van der Waals surface area (Å²) < 4.78 is 50.8. The molecular formula is C15H17F3N2O6. The molecule has 0 aromatic heterocycles. The van der Waals surface area contributed by atoms with Gasteiger partial charge in [-0.25, -0.2) is 9.59 Å². The Morgan fingerprint density at radius 2 is 1.85 bits per heavy atom. The zero-order valence-corrected chi connectivity index (χ0v) is 13.9. The van der Waals surface area contributed by atoms with Crippen molar-refractivity contribution in [2.24, 2.45) is 0 Å². The van der Waals surface area contributed by atoms with Crippen LogP contribution in [0.3, 0.4) is 0 Å². The molecular weight excluding hydrogens is 361 g/mol. The standard InChI is InChI=1S/C15H17F3N2O6/c1-3-25-10-5-4-9(6-11(10)24-2)13(22)26-7-12(21)20-14(23)19-8-15(16,17)18/h4-6H,3,7-8H2,1-2H3,(H2,19,20,21,23). The third kappa shape index (κ3) is 7.28. The van der Waals surface area contributed by atoms with Crippen LogP contribution in [-0.2, 0) is 9.53 Å². The molecule has 2 N–H and O–H groups in total. The van der Waals surface area contributed by atoms with Crippen LogP contribution >= 0.6 is 0 Å². The number of ether oxygens (including phenoxy) is 3. The van der Waals surface area contributed by atoms with E-state index in [1.165, 1.54) is 30.6 Å². The van der Waals surface area contributed by atoms with Crippen molar-refractivity contribution in [2.45, 2.75) is 13.1 Å². The molecule has 0 atom stereocenters. The molecule has 0 unspecified atom stereocenters. The maximum absolute atomic E-state index is 11.9. The summed E-state index contributed by atoms with van der Waals surface area (Å²) in [7, 11) is 1.37. The highest BCUT2D eigenvalue weighted by Gasteiger charge is 2.28. The number of carbonyl (C=O) groups excluding carboxylic acids is 3. The third-order valence-corrected chi connectivity index (χ3v) is 2.74. The zero-order valence-electron chi connectivity index (χ0n) is 13.9. The first-order valence-electron chi connectivity index (χ1n) is 7.28. The van der Waals surface area contributed by atoms with E-state index in [4.69, 9.17) is 9.47 Å². The molecule has 0 aliphatic carbocycles. The number of carbonyl (C=O) groups is 3. The first-order chi connectivity index (χ1) is 12.2. The van der Waals surface area contributed by atoms with E-state index < -0.39 is 37.2 Å². The number of esters is 1. The Balaban J connectivity index is 2.53. The van der Waals surface area contributed by atoms with Crippen molar-refractivity contribution in [2.75, 3.05) is 26.9 Å². The highest BCUT2D eigenvalue weighted by molar-refractivity contribution is 5.97. The van der Waals surface area contributed by atoms with Crippen LogP contribution in [0.25, 0.3) is 0 Å². The topological polar surface area (TPSA) is 103 Å². The number of hydrogen-bond acceptors (Lipinski definition) is 6. The molecule has 1 aromatic rings. The van der Waals surface area contributed by atoms with Gasteiger partial charge in [-0.1, -0.05) is 0 Å². The molecule has 11 heteroatoms. The highest BCUT2D eigenvalue weighted by atomic mass is 19.4. The first kappa shape index (κ1) is 21.1. The number of hydrogen-bond donors (Lipinski definition) is 2. The number of halogens is 3. The predicted molar refractivity (Wildman–Crippen MR) is 82.0 cm³/mol. The van der Waals surface area contributed by atoms with Crippen molar-refractivity contribution in [3.8, 4) is 11.5 Å². The van der Waals surface area contributed by atoms with Gasteiger partial charge in [-0.05, 0) is 25.1 Å². The summed E-state index contributed by atoms with van der Waals surface area (Å²) in [6.45, 7) is -0.298. The average molecular weight is 378 g/mol. The first-order valence-corrected chi connectivity index (χ1v) is 7.28. The van der Waals surface area contributed by atoms with Crippen molar-refractivity contribution in [1.82, 2.24) is 10.6 Å². The largest absolute Gasteiger partial charge is 0.493 e. The SMILES string of the molecule is CCOc1ccc(C(=O)OCC(=O)NC(=O)NCC(F)(F)F)cc1OC. The minimum atomic E-state index is -4.61. The summed E-state index contributed by atoms with van der Waals surface area (Å²) in [6.07, 6.45) is -4.61. The van der Waals surface area contributed by atoms with Crippen molar-refractivity contribution in [3.63, 3.8) is 0 Å². The van der Waals surface area contributed by atoms with Crippen LogP contribution in [0.1, 0.15) is 17.3 Å². The van der Waals surface area contributed by atoms with Crippen LogP contribution < -0.4 is 20.1 Å². The number of imide groups is 1. The number of urea groups is 1. The van der Waals surface area contributed by atoms with E-state index in [9.17, 15) is 27.6 Å². The summed E-state index contributed by atoms with van der Waals surface area (Å²) in [4.78, 5) is 34.4. The maximum atomic E-state index is 11.9. The summed E-state index contributed by atoms with van der Waals surface area (Å²) in [5.74, 6) is -1.30. The van der Waals surface area contributed by atoms with Crippen molar-refractivity contribution in [3.05, 3.63) is 23.8 Å². The molecule has 26 heavy (non-hydrogen) atoms. The average Bonchev–Trinajstić information content (AvgIpc) is 2.58. The molecule has 144 valence electrons. The summed E-state index contributed by atoms with van der Waals surface area (Å²) in [6, 6.07) is 2.83. The van der Waals surface area contributed by atoms with Gasteiger partial charge in [-0.2, -0.15) is 13.2 Å². The molecule has 0 bridgehead atoms. The van der Waals surface area contributed by atoms with Gasteiger partial charge in [0.1, 0.15) is 6.54 Å². The fourth-order valence-electron chi connectivity index (χ4n) is 1.67. The molecule has 1 rings (SSSR count). The molecule has 0 aliphatic heterocycles. The lowest BCUT2D eigenvalue weighted by atomic mass is 10.2. The summed E-state index contributed by atoms with van der Waals surface area (Å²) in [5, 5.41) is 3.04. The number of benzene rings is 1. The van der Waals surface area contributed by atoms with Crippen LogP contribution in [0.2, 0.25) is 0 Å². The van der Waals surface area contributed by atoms with E-state index in [0.29, 0.717) is 12.4 Å². The Labute approximate surface area is 146 Å². The maximum Gasteiger partial charge on any atom is 0.405 e. The number of nitrogens with one attached hydrogen (secondary N) is 2. The minimum absolute atomic E-state index is 0.0552. The second-order valence-electron chi connectivity index (χ2n) is 4.72. The van der Waals surface area contributed by atoms with E-state index in [2.05, 4.69) is 4.74 Å². The van der Waals surface area contributed by atoms with E-state index in [1.54, 1.807) is 12.2 Å². The molecule has 0 saturated heterocycles. The van der Waals surface area contributed by atoms with Gasteiger partial charge in [0, 0.05) is 0 Å². The van der Waals surface area contributed by atoms with Crippen LogP contribution in [-0.4, -0.2) is 51.0 Å². The molecule has 0 radical (unpaired) electrons. The summed E-state index contributed by atoms with van der Waals surface area (Å²) >= 11 is 0. The Kier molecular flexibility index (Phi) is 7.69.